The van der Waals surface area contributed by atoms with Crippen molar-refractivity contribution < 1.29 is 9.53 Å². The molecule has 0 saturated heterocycles. The molecule has 0 aliphatic carbocycles. The van der Waals surface area contributed by atoms with Crippen LogP contribution in [0.3, 0.4) is 0 Å². The minimum absolute atomic E-state index is 0.0367. The van der Waals surface area contributed by atoms with Gasteiger partial charge >= 0.3 is 5.97 Å². The number of hydrogen-bond acceptors (Lipinski definition) is 2. The van der Waals surface area contributed by atoms with E-state index in [-0.39, 0.29) is 11.9 Å². The highest BCUT2D eigenvalue weighted by Gasteiger charge is 2.24. The Bertz CT molecular complexity index is 297. The Labute approximate surface area is 88.8 Å². The van der Waals surface area contributed by atoms with Crippen LogP contribution < -0.4 is 0 Å². The second kappa shape index (κ2) is 5.01. The Morgan fingerprint density at radius 2 is 1.93 bits per heavy atom. The van der Waals surface area contributed by atoms with Gasteiger partial charge in [0.25, 0.3) is 0 Å². The van der Waals surface area contributed by atoms with Crippen LogP contribution in [-0.2, 0) is 9.53 Å². The molecule has 0 N–H and O–H groups in total. The van der Waals surface area contributed by atoms with Gasteiger partial charge in [-0.15, -0.1) is 11.6 Å². The van der Waals surface area contributed by atoms with Crippen LogP contribution in [0.4, 0.5) is 0 Å². The predicted octanol–water partition coefficient (Wildman–Crippen LogP) is 2.57. The lowest BCUT2D eigenvalue weighted by atomic mass is 9.98. The molecule has 2 nitrogen and oxygen atoms in total. The predicted molar refractivity (Wildman–Crippen MR) is 56.5 cm³/mol. The third kappa shape index (κ3) is 2.48. The Morgan fingerprint density at radius 1 is 1.36 bits per heavy atom. The van der Waals surface area contributed by atoms with E-state index in [9.17, 15) is 4.79 Å². The first kappa shape index (κ1) is 11.1. The van der Waals surface area contributed by atoms with Crippen molar-refractivity contribution in [3.8, 4) is 0 Å². The monoisotopic (exact) mass is 212 g/mol. The summed E-state index contributed by atoms with van der Waals surface area (Å²) in [4.78, 5) is 11.2. The molecule has 14 heavy (non-hydrogen) atoms. The first-order valence-electron chi connectivity index (χ1n) is 4.43. The average Bonchev–Trinajstić information content (AvgIpc) is 2.27. The summed E-state index contributed by atoms with van der Waals surface area (Å²) in [5, 5.41) is -0.623. The largest absolute Gasteiger partial charge is 0.468 e. The van der Waals surface area contributed by atoms with Crippen molar-refractivity contribution in [2.75, 3.05) is 7.11 Å². The number of ether oxygens (including phenoxy) is 1. The van der Waals surface area contributed by atoms with Crippen molar-refractivity contribution in [3.05, 3.63) is 35.9 Å². The normalized spacial score (nSPS) is 14.5. The third-order valence-electron chi connectivity index (χ3n) is 2.19. The van der Waals surface area contributed by atoms with Crippen LogP contribution in [0.15, 0.2) is 30.3 Å². The summed E-state index contributed by atoms with van der Waals surface area (Å²) in [6, 6.07) is 9.67. The molecule has 1 aromatic carbocycles. The van der Waals surface area contributed by atoms with Crippen LogP contribution in [0.1, 0.15) is 18.4 Å². The van der Waals surface area contributed by atoms with Crippen LogP contribution in [0.2, 0.25) is 0 Å². The molecule has 0 bridgehead atoms. The molecule has 0 heterocycles. The van der Waals surface area contributed by atoms with Gasteiger partial charge < -0.3 is 4.74 Å². The molecular formula is C11H13ClO2. The Morgan fingerprint density at radius 3 is 2.43 bits per heavy atom. The molecule has 0 radical (unpaired) electrons. The summed E-state index contributed by atoms with van der Waals surface area (Å²) >= 11 is 5.94. The van der Waals surface area contributed by atoms with Gasteiger partial charge in [-0.2, -0.15) is 0 Å². The van der Waals surface area contributed by atoms with Gasteiger partial charge in [-0.1, -0.05) is 37.3 Å². The maximum absolute atomic E-state index is 11.2. The highest BCUT2D eigenvalue weighted by atomic mass is 35.5. The molecular weight excluding hydrogens is 200 g/mol. The van der Waals surface area contributed by atoms with E-state index in [0.717, 1.165) is 5.56 Å². The fourth-order valence-electron chi connectivity index (χ4n) is 1.24. The quantitative estimate of drug-likeness (QED) is 0.569. The van der Waals surface area contributed by atoms with Crippen LogP contribution in [-0.4, -0.2) is 18.5 Å². The molecule has 3 heteroatoms. The highest BCUT2D eigenvalue weighted by molar-refractivity contribution is 6.30. The lowest BCUT2D eigenvalue weighted by Crippen LogP contribution is -2.22. The summed E-state index contributed by atoms with van der Waals surface area (Å²) in [6.45, 7) is 1.91. The second-order valence-electron chi connectivity index (χ2n) is 3.12. The van der Waals surface area contributed by atoms with Gasteiger partial charge in [0, 0.05) is 5.92 Å². The lowest BCUT2D eigenvalue weighted by molar-refractivity contribution is -0.140. The van der Waals surface area contributed by atoms with Crippen LogP contribution >= 0.6 is 11.6 Å². The van der Waals surface area contributed by atoms with Gasteiger partial charge in [0.05, 0.1) is 7.11 Å². The number of benzene rings is 1. The maximum Gasteiger partial charge on any atom is 0.324 e. The molecule has 76 valence electrons. The van der Waals surface area contributed by atoms with E-state index < -0.39 is 5.38 Å². The SMILES string of the molecule is COC(=O)[C@@H](Cl)[C@H](C)c1ccccc1. The van der Waals surface area contributed by atoms with E-state index >= 15 is 0 Å². The van der Waals surface area contributed by atoms with Gasteiger partial charge in [0.1, 0.15) is 5.38 Å². The first-order chi connectivity index (χ1) is 6.66. The molecule has 0 amide bonds. The zero-order chi connectivity index (χ0) is 10.6. The summed E-state index contributed by atoms with van der Waals surface area (Å²) in [7, 11) is 1.34. The van der Waals surface area contributed by atoms with Crippen LogP contribution in [0.25, 0.3) is 0 Å². The number of alkyl halides is 1. The van der Waals surface area contributed by atoms with E-state index in [2.05, 4.69) is 4.74 Å². The zero-order valence-electron chi connectivity index (χ0n) is 8.24. The van der Waals surface area contributed by atoms with Gasteiger partial charge in [-0.05, 0) is 5.56 Å². The van der Waals surface area contributed by atoms with Crippen molar-refractivity contribution in [1.29, 1.82) is 0 Å². The fourth-order valence-corrected chi connectivity index (χ4v) is 1.48. The van der Waals surface area contributed by atoms with E-state index in [1.807, 2.05) is 37.3 Å². The topological polar surface area (TPSA) is 26.3 Å². The number of halogens is 1. The minimum atomic E-state index is -0.623. The second-order valence-corrected chi connectivity index (χ2v) is 3.59. The summed E-state index contributed by atoms with van der Waals surface area (Å²) in [5.74, 6) is -0.423. The molecule has 2 atom stereocenters. The molecule has 0 unspecified atom stereocenters. The minimum Gasteiger partial charge on any atom is -0.468 e. The number of methoxy groups -OCH3 is 1. The first-order valence-corrected chi connectivity index (χ1v) is 4.87. The van der Waals surface area contributed by atoms with Crippen molar-refractivity contribution in [1.82, 2.24) is 0 Å². The smallest absolute Gasteiger partial charge is 0.324 e. The van der Waals surface area contributed by atoms with E-state index in [1.54, 1.807) is 0 Å². The molecule has 0 spiro atoms. The van der Waals surface area contributed by atoms with Crippen molar-refractivity contribution in [2.24, 2.45) is 0 Å². The van der Waals surface area contributed by atoms with E-state index in [1.165, 1.54) is 7.11 Å². The molecule has 0 fully saturated rings. The fraction of sp³-hybridized carbons (Fsp3) is 0.364. The number of carbonyl (C=O) groups is 1. The lowest BCUT2D eigenvalue weighted by Gasteiger charge is -2.15. The van der Waals surface area contributed by atoms with E-state index in [0.29, 0.717) is 0 Å². The van der Waals surface area contributed by atoms with Crippen LogP contribution in [0.5, 0.6) is 0 Å². The number of rotatable bonds is 3. The Balaban J connectivity index is 2.75. The van der Waals surface area contributed by atoms with Gasteiger partial charge in [-0.3, -0.25) is 4.79 Å². The van der Waals surface area contributed by atoms with Gasteiger partial charge in [0.15, 0.2) is 0 Å². The van der Waals surface area contributed by atoms with Crippen LogP contribution in [0, 0.1) is 0 Å². The summed E-state index contributed by atoms with van der Waals surface area (Å²) in [6.07, 6.45) is 0. The molecule has 0 aliphatic rings. The van der Waals surface area contributed by atoms with Crippen molar-refractivity contribution in [2.45, 2.75) is 18.2 Å². The maximum atomic E-state index is 11.2. The van der Waals surface area contributed by atoms with Gasteiger partial charge in [-0.25, -0.2) is 0 Å². The number of carbonyl (C=O) groups excluding carboxylic acids is 1. The molecule has 0 aliphatic heterocycles. The number of esters is 1. The molecule has 1 rings (SSSR count). The standard InChI is InChI=1S/C11H13ClO2/c1-8(10(12)11(13)14-2)9-6-4-3-5-7-9/h3-8,10H,1-2H3/t8-,10+/m1/s1. The molecule has 0 saturated carbocycles. The summed E-state index contributed by atoms with van der Waals surface area (Å²) < 4.78 is 4.58. The Kier molecular flexibility index (Phi) is 3.96. The Hall–Kier alpha value is -1.02. The highest BCUT2D eigenvalue weighted by Crippen LogP contribution is 2.23. The van der Waals surface area contributed by atoms with Crippen molar-refractivity contribution in [3.63, 3.8) is 0 Å². The summed E-state index contributed by atoms with van der Waals surface area (Å²) in [5.41, 5.74) is 1.04. The third-order valence-corrected chi connectivity index (χ3v) is 2.75. The van der Waals surface area contributed by atoms with Gasteiger partial charge in [0.2, 0.25) is 0 Å². The van der Waals surface area contributed by atoms with Crippen molar-refractivity contribution >= 4 is 17.6 Å². The average molecular weight is 213 g/mol. The number of hydrogen-bond donors (Lipinski definition) is 0. The van der Waals surface area contributed by atoms with E-state index in [4.69, 9.17) is 11.6 Å². The molecule has 0 aromatic heterocycles. The molecule has 1 aromatic rings. The zero-order valence-corrected chi connectivity index (χ0v) is 8.99.